The molecule has 136 valence electrons. The summed E-state index contributed by atoms with van der Waals surface area (Å²) in [4.78, 5) is 12.5. The molecular formula is C19H18Cl2N2O3. The molecule has 5 nitrogen and oxygen atoms in total. The average molecular weight is 393 g/mol. The highest BCUT2D eigenvalue weighted by Crippen LogP contribution is 2.56. The van der Waals surface area contributed by atoms with Crippen LogP contribution in [0.25, 0.3) is 0 Å². The van der Waals surface area contributed by atoms with Crippen molar-refractivity contribution in [2.24, 2.45) is 5.92 Å². The largest absolute Gasteiger partial charge is 0.421 e. The Hall–Kier alpha value is -1.56. The predicted molar refractivity (Wildman–Crippen MR) is 97.2 cm³/mol. The van der Waals surface area contributed by atoms with E-state index in [1.165, 1.54) is 12.5 Å². The lowest BCUT2D eigenvalue weighted by Crippen LogP contribution is -2.29. The molecule has 3 aliphatic rings. The Balaban J connectivity index is 1.61. The Morgan fingerprint density at radius 3 is 2.69 bits per heavy atom. The lowest BCUT2D eigenvalue weighted by Gasteiger charge is -2.28. The van der Waals surface area contributed by atoms with Gasteiger partial charge in [-0.05, 0) is 61.6 Å². The summed E-state index contributed by atoms with van der Waals surface area (Å²) in [7, 11) is 0. The number of aromatic nitrogens is 1. The topological polar surface area (TPSA) is 64.4 Å². The summed E-state index contributed by atoms with van der Waals surface area (Å²) in [5.74, 6) is 1.23. The fraction of sp³-hybridized carbons (Fsp3) is 0.474. The van der Waals surface area contributed by atoms with Crippen molar-refractivity contribution >= 4 is 29.2 Å². The molecule has 3 atom stereocenters. The lowest BCUT2D eigenvalue weighted by molar-refractivity contribution is 0.0731. The number of hydrogen-bond donors (Lipinski definition) is 1. The first-order chi connectivity index (χ1) is 12.6. The van der Waals surface area contributed by atoms with Gasteiger partial charge >= 0.3 is 5.97 Å². The van der Waals surface area contributed by atoms with E-state index >= 15 is 0 Å². The second-order valence-electron chi connectivity index (χ2n) is 7.52. The number of nitrogens with one attached hydrogen (secondary N) is 1. The summed E-state index contributed by atoms with van der Waals surface area (Å²) in [6, 6.07) is 2.23. The van der Waals surface area contributed by atoms with E-state index in [1.807, 2.05) is 0 Å². The van der Waals surface area contributed by atoms with Gasteiger partial charge in [-0.15, -0.1) is 0 Å². The van der Waals surface area contributed by atoms with Crippen molar-refractivity contribution in [3.05, 3.63) is 45.3 Å². The Morgan fingerprint density at radius 1 is 1.23 bits per heavy atom. The monoisotopic (exact) mass is 392 g/mol. The third-order valence-corrected chi connectivity index (χ3v) is 6.44. The Labute approximate surface area is 161 Å². The van der Waals surface area contributed by atoms with Gasteiger partial charge < -0.3 is 14.6 Å². The van der Waals surface area contributed by atoms with Crippen LogP contribution in [0.4, 0.5) is 0 Å². The molecule has 5 rings (SSSR count). The maximum Gasteiger partial charge on any atom is 0.348 e. The van der Waals surface area contributed by atoms with Crippen molar-refractivity contribution in [2.45, 2.75) is 43.6 Å². The van der Waals surface area contributed by atoms with Crippen molar-refractivity contribution in [3.63, 3.8) is 0 Å². The Kier molecular flexibility index (Phi) is 3.99. The van der Waals surface area contributed by atoms with Crippen molar-refractivity contribution in [2.75, 3.05) is 6.54 Å². The molecule has 1 aromatic carbocycles. The summed E-state index contributed by atoms with van der Waals surface area (Å²) >= 11 is 13.1. The molecule has 0 unspecified atom stereocenters. The third-order valence-electron chi connectivity index (χ3n) is 5.85. The van der Waals surface area contributed by atoms with Crippen LogP contribution in [0.1, 0.15) is 59.0 Å². The molecular weight excluding hydrogens is 375 g/mol. The normalized spacial score (nSPS) is 27.1. The number of rotatable bonds is 4. The lowest BCUT2D eigenvalue weighted by atomic mass is 9.83. The standard InChI is InChI=1S/C19H18Cl2N2O3/c20-14-5-15(21)18(26-19(24)11-7-23-25-8-11)17(16(14)9-1-2-9)13-4-12-3-10(13)6-22-12/h5,7-10,12-13,22H,1-4,6H2/t10-,12-,13+/m0/s1. The number of hydrogen-bond acceptors (Lipinski definition) is 5. The van der Waals surface area contributed by atoms with E-state index in [-0.39, 0.29) is 5.56 Å². The van der Waals surface area contributed by atoms with Gasteiger partial charge in [0.2, 0.25) is 0 Å². The van der Waals surface area contributed by atoms with Crippen LogP contribution in [-0.2, 0) is 0 Å². The van der Waals surface area contributed by atoms with E-state index < -0.39 is 5.97 Å². The summed E-state index contributed by atoms with van der Waals surface area (Å²) in [6.45, 7) is 0.989. The smallest absolute Gasteiger partial charge is 0.348 e. The van der Waals surface area contributed by atoms with Gasteiger partial charge in [-0.1, -0.05) is 28.4 Å². The predicted octanol–water partition coefficient (Wildman–Crippen LogP) is 4.54. The minimum Gasteiger partial charge on any atom is -0.421 e. The van der Waals surface area contributed by atoms with E-state index in [0.717, 1.165) is 43.4 Å². The van der Waals surface area contributed by atoms with E-state index in [0.29, 0.717) is 39.6 Å². The number of nitrogens with zero attached hydrogens (tertiary/aromatic N) is 1. The fourth-order valence-corrected chi connectivity index (χ4v) is 5.21. The van der Waals surface area contributed by atoms with Crippen LogP contribution in [0.5, 0.6) is 5.75 Å². The van der Waals surface area contributed by atoms with Crippen molar-refractivity contribution < 1.29 is 14.1 Å². The quantitative estimate of drug-likeness (QED) is 0.610. The van der Waals surface area contributed by atoms with Crippen LogP contribution >= 0.6 is 23.2 Å². The van der Waals surface area contributed by atoms with E-state index in [1.54, 1.807) is 6.07 Å². The van der Waals surface area contributed by atoms with Crippen molar-refractivity contribution in [1.29, 1.82) is 0 Å². The zero-order valence-corrected chi connectivity index (χ0v) is 15.5. The number of carbonyl (C=O) groups excluding carboxylic acids is 1. The fourth-order valence-electron chi connectivity index (χ4n) is 4.54. The molecule has 1 aromatic heterocycles. The van der Waals surface area contributed by atoms with Gasteiger partial charge in [-0.25, -0.2) is 4.79 Å². The second-order valence-corrected chi connectivity index (χ2v) is 8.33. The number of fused-ring (bicyclic) bond motifs is 2. The zero-order valence-electron chi connectivity index (χ0n) is 14.0. The van der Waals surface area contributed by atoms with Crippen LogP contribution in [0, 0.1) is 5.92 Å². The van der Waals surface area contributed by atoms with Gasteiger partial charge in [0.15, 0.2) is 5.75 Å². The van der Waals surface area contributed by atoms with Crippen LogP contribution in [0.15, 0.2) is 23.0 Å². The number of carbonyl (C=O) groups is 1. The molecule has 26 heavy (non-hydrogen) atoms. The Morgan fingerprint density at radius 2 is 2.08 bits per heavy atom. The van der Waals surface area contributed by atoms with Crippen LogP contribution in [0.2, 0.25) is 10.0 Å². The molecule has 0 amide bonds. The highest BCUT2D eigenvalue weighted by molar-refractivity contribution is 6.36. The Bertz CT molecular complexity index is 864. The van der Waals surface area contributed by atoms with E-state index in [4.69, 9.17) is 32.5 Å². The zero-order chi connectivity index (χ0) is 17.8. The van der Waals surface area contributed by atoms with E-state index in [9.17, 15) is 4.79 Å². The average Bonchev–Trinajstić information content (AvgIpc) is 3.05. The molecule has 1 saturated heterocycles. The van der Waals surface area contributed by atoms with Crippen LogP contribution < -0.4 is 10.1 Å². The van der Waals surface area contributed by atoms with Crippen LogP contribution in [-0.4, -0.2) is 23.7 Å². The number of ether oxygens (including phenoxy) is 1. The molecule has 2 aliphatic carbocycles. The number of esters is 1. The van der Waals surface area contributed by atoms with Gasteiger partial charge in [0, 0.05) is 16.6 Å². The highest BCUT2D eigenvalue weighted by atomic mass is 35.5. The molecule has 7 heteroatoms. The van der Waals surface area contributed by atoms with E-state index in [2.05, 4.69) is 10.5 Å². The molecule has 2 aromatic rings. The maximum absolute atomic E-state index is 12.5. The molecule has 0 radical (unpaired) electrons. The molecule has 1 N–H and O–H groups in total. The molecule has 2 bridgehead atoms. The van der Waals surface area contributed by atoms with Gasteiger partial charge in [0.25, 0.3) is 0 Å². The summed E-state index contributed by atoms with van der Waals surface area (Å²) in [5.41, 5.74) is 2.44. The SMILES string of the molecule is O=C(Oc1c(Cl)cc(Cl)c(C2CC2)c1[C@@H]1C[C@@H]2C[C@H]1CN2)c1cnoc1. The van der Waals surface area contributed by atoms with Gasteiger partial charge in [0.1, 0.15) is 11.8 Å². The van der Waals surface area contributed by atoms with Gasteiger partial charge in [0.05, 0.1) is 11.2 Å². The highest BCUT2D eigenvalue weighted by Gasteiger charge is 2.45. The minimum atomic E-state index is -0.514. The molecule has 2 saturated carbocycles. The van der Waals surface area contributed by atoms with Crippen LogP contribution in [0.3, 0.4) is 0 Å². The first-order valence-electron chi connectivity index (χ1n) is 8.98. The molecule has 3 fully saturated rings. The number of piperidine rings is 1. The second kappa shape index (κ2) is 6.25. The molecule has 2 heterocycles. The first kappa shape index (κ1) is 16.6. The van der Waals surface area contributed by atoms with Crippen molar-refractivity contribution in [1.82, 2.24) is 10.5 Å². The van der Waals surface area contributed by atoms with Gasteiger partial charge in [-0.2, -0.15) is 0 Å². The third kappa shape index (κ3) is 2.73. The van der Waals surface area contributed by atoms with Gasteiger partial charge in [-0.3, -0.25) is 0 Å². The molecule has 1 aliphatic heterocycles. The number of halogens is 2. The summed E-state index contributed by atoms with van der Waals surface area (Å²) in [6.07, 6.45) is 7.03. The summed E-state index contributed by atoms with van der Waals surface area (Å²) in [5, 5.41) is 8.18. The maximum atomic E-state index is 12.5. The minimum absolute atomic E-state index is 0.268. The first-order valence-corrected chi connectivity index (χ1v) is 9.74. The number of benzene rings is 1. The molecule has 0 spiro atoms. The van der Waals surface area contributed by atoms with Crippen molar-refractivity contribution in [3.8, 4) is 5.75 Å². The summed E-state index contributed by atoms with van der Waals surface area (Å²) < 4.78 is 10.5.